The number of carbonyl (C=O) groups is 2. The SMILES string of the molecule is CC(OC(=O)c1cc([N+](=O)[O-])cn1C)C(=O)Nc1cc(F)ccc1F. The van der Waals surface area contributed by atoms with Crippen molar-refractivity contribution in [2.24, 2.45) is 7.05 Å². The summed E-state index contributed by atoms with van der Waals surface area (Å²) in [6.07, 6.45) is -0.229. The van der Waals surface area contributed by atoms with Gasteiger partial charge in [-0.1, -0.05) is 0 Å². The topological polar surface area (TPSA) is 103 Å². The summed E-state index contributed by atoms with van der Waals surface area (Å²) in [5, 5.41) is 12.8. The number of nitrogens with one attached hydrogen (secondary N) is 1. The Kier molecular flexibility index (Phi) is 5.11. The Balaban J connectivity index is 2.06. The molecule has 0 aliphatic carbocycles. The van der Waals surface area contributed by atoms with Gasteiger partial charge in [0.15, 0.2) is 6.10 Å². The predicted molar refractivity (Wildman–Crippen MR) is 81.9 cm³/mol. The summed E-state index contributed by atoms with van der Waals surface area (Å²) in [6.45, 7) is 1.22. The number of aromatic nitrogens is 1. The second-order valence-electron chi connectivity index (χ2n) is 5.11. The number of rotatable bonds is 5. The third-order valence-corrected chi connectivity index (χ3v) is 3.25. The molecule has 1 aromatic carbocycles. The fraction of sp³-hybridized carbons (Fsp3) is 0.200. The van der Waals surface area contributed by atoms with Crippen LogP contribution in [0.3, 0.4) is 0 Å². The molecule has 1 atom stereocenters. The number of nitro groups is 1. The monoisotopic (exact) mass is 353 g/mol. The molecule has 0 bridgehead atoms. The molecule has 25 heavy (non-hydrogen) atoms. The van der Waals surface area contributed by atoms with Crippen LogP contribution in [0, 0.1) is 21.7 Å². The molecule has 8 nitrogen and oxygen atoms in total. The van der Waals surface area contributed by atoms with Crippen LogP contribution in [0.15, 0.2) is 30.5 Å². The second kappa shape index (κ2) is 7.07. The first kappa shape index (κ1) is 18.0. The largest absolute Gasteiger partial charge is 0.448 e. The van der Waals surface area contributed by atoms with Crippen molar-refractivity contribution in [1.29, 1.82) is 0 Å². The van der Waals surface area contributed by atoms with E-state index in [-0.39, 0.29) is 11.4 Å². The molecule has 0 aliphatic heterocycles. The van der Waals surface area contributed by atoms with Gasteiger partial charge in [-0.15, -0.1) is 0 Å². The highest BCUT2D eigenvalue weighted by molar-refractivity contribution is 5.97. The van der Waals surface area contributed by atoms with E-state index in [0.29, 0.717) is 0 Å². The molecule has 0 saturated carbocycles. The molecule has 1 N–H and O–H groups in total. The lowest BCUT2D eigenvalue weighted by molar-refractivity contribution is -0.384. The van der Waals surface area contributed by atoms with Gasteiger partial charge in [-0.2, -0.15) is 0 Å². The van der Waals surface area contributed by atoms with Gasteiger partial charge in [0.25, 0.3) is 11.6 Å². The average Bonchev–Trinajstić information content (AvgIpc) is 2.93. The Labute approximate surface area is 140 Å². The van der Waals surface area contributed by atoms with Crippen LogP contribution in [0.1, 0.15) is 17.4 Å². The zero-order valence-corrected chi connectivity index (χ0v) is 13.2. The Morgan fingerprint density at radius 3 is 2.60 bits per heavy atom. The van der Waals surface area contributed by atoms with E-state index in [1.54, 1.807) is 0 Å². The van der Waals surface area contributed by atoms with Crippen LogP contribution < -0.4 is 5.32 Å². The number of amides is 1. The van der Waals surface area contributed by atoms with E-state index in [2.05, 4.69) is 5.32 Å². The summed E-state index contributed by atoms with van der Waals surface area (Å²) in [7, 11) is 1.40. The Morgan fingerprint density at radius 1 is 1.32 bits per heavy atom. The molecule has 0 fully saturated rings. The first-order valence-corrected chi connectivity index (χ1v) is 6.96. The smallest absolute Gasteiger partial charge is 0.355 e. The molecule has 0 aliphatic rings. The minimum atomic E-state index is -1.34. The van der Waals surface area contributed by atoms with Crippen LogP contribution in [0.2, 0.25) is 0 Å². The van der Waals surface area contributed by atoms with Crippen molar-refractivity contribution in [2.75, 3.05) is 5.32 Å². The third kappa shape index (κ3) is 4.16. The van der Waals surface area contributed by atoms with Crippen molar-refractivity contribution in [2.45, 2.75) is 13.0 Å². The molecule has 2 rings (SSSR count). The van der Waals surface area contributed by atoms with Crippen molar-refractivity contribution in [3.8, 4) is 0 Å². The van der Waals surface area contributed by atoms with Crippen LogP contribution in [0.5, 0.6) is 0 Å². The maximum Gasteiger partial charge on any atom is 0.355 e. The molecule has 0 radical (unpaired) electrons. The Hall–Kier alpha value is -3.30. The lowest BCUT2D eigenvalue weighted by atomic mass is 10.2. The van der Waals surface area contributed by atoms with Crippen molar-refractivity contribution in [1.82, 2.24) is 4.57 Å². The quantitative estimate of drug-likeness (QED) is 0.505. The molecule has 132 valence electrons. The van der Waals surface area contributed by atoms with Gasteiger partial charge in [0.05, 0.1) is 16.8 Å². The number of anilines is 1. The van der Waals surface area contributed by atoms with Crippen molar-refractivity contribution in [3.05, 3.63) is 57.9 Å². The van der Waals surface area contributed by atoms with E-state index >= 15 is 0 Å². The summed E-state index contributed by atoms with van der Waals surface area (Å²) >= 11 is 0. The number of benzene rings is 1. The summed E-state index contributed by atoms with van der Waals surface area (Å²) in [5.41, 5.74) is -0.848. The maximum atomic E-state index is 13.5. The molecule has 0 spiro atoms. The number of nitrogens with zero attached hydrogens (tertiary/aromatic N) is 2. The highest BCUT2D eigenvalue weighted by Gasteiger charge is 2.24. The molecule has 1 aromatic heterocycles. The maximum absolute atomic E-state index is 13.5. The molecule has 1 unspecified atom stereocenters. The van der Waals surface area contributed by atoms with Gasteiger partial charge < -0.3 is 14.6 Å². The second-order valence-corrected chi connectivity index (χ2v) is 5.11. The molecule has 1 amide bonds. The number of halogens is 2. The lowest BCUT2D eigenvalue weighted by Crippen LogP contribution is -2.30. The van der Waals surface area contributed by atoms with E-state index in [0.717, 1.165) is 30.5 Å². The number of esters is 1. The molecular weight excluding hydrogens is 340 g/mol. The highest BCUT2D eigenvalue weighted by Crippen LogP contribution is 2.18. The van der Waals surface area contributed by atoms with E-state index in [1.165, 1.54) is 18.5 Å². The molecule has 1 heterocycles. The molecule has 10 heteroatoms. The van der Waals surface area contributed by atoms with Gasteiger partial charge in [-0.05, 0) is 19.1 Å². The van der Waals surface area contributed by atoms with Crippen LogP contribution in [0.25, 0.3) is 0 Å². The molecule has 0 saturated heterocycles. The summed E-state index contributed by atoms with van der Waals surface area (Å²) in [5.74, 6) is -3.47. The number of aryl methyl sites for hydroxylation is 1. The molecular formula is C15H13F2N3O5. The summed E-state index contributed by atoms with van der Waals surface area (Å²) < 4.78 is 32.7. The van der Waals surface area contributed by atoms with Crippen LogP contribution in [-0.4, -0.2) is 27.5 Å². The van der Waals surface area contributed by atoms with E-state index in [1.807, 2.05) is 0 Å². The zero-order valence-electron chi connectivity index (χ0n) is 13.2. The van der Waals surface area contributed by atoms with Crippen molar-refractivity contribution < 1.29 is 28.0 Å². The normalized spacial score (nSPS) is 11.7. The Morgan fingerprint density at radius 2 is 2.00 bits per heavy atom. The van der Waals surface area contributed by atoms with Crippen LogP contribution in [-0.2, 0) is 16.6 Å². The minimum Gasteiger partial charge on any atom is -0.448 e. The minimum absolute atomic E-state index is 0.136. The van der Waals surface area contributed by atoms with Gasteiger partial charge in [0.2, 0.25) is 0 Å². The van der Waals surface area contributed by atoms with Crippen molar-refractivity contribution >= 4 is 23.3 Å². The molecule has 2 aromatic rings. The fourth-order valence-corrected chi connectivity index (χ4v) is 1.95. The zero-order chi connectivity index (χ0) is 18.7. The van der Waals surface area contributed by atoms with Gasteiger partial charge in [-0.25, -0.2) is 13.6 Å². The first-order chi connectivity index (χ1) is 11.7. The number of carbonyl (C=O) groups excluding carboxylic acids is 2. The number of ether oxygens (including phenoxy) is 1. The predicted octanol–water partition coefficient (Wildman–Crippen LogP) is 2.40. The van der Waals surface area contributed by atoms with E-state index in [9.17, 15) is 28.5 Å². The van der Waals surface area contributed by atoms with Crippen LogP contribution in [0.4, 0.5) is 20.2 Å². The van der Waals surface area contributed by atoms with Gasteiger partial charge >= 0.3 is 5.97 Å². The lowest BCUT2D eigenvalue weighted by Gasteiger charge is -2.14. The van der Waals surface area contributed by atoms with Gasteiger partial charge in [0.1, 0.15) is 17.3 Å². The van der Waals surface area contributed by atoms with Gasteiger partial charge in [0, 0.05) is 19.2 Å². The highest BCUT2D eigenvalue weighted by atomic mass is 19.1. The standard InChI is InChI=1S/C15H13F2N3O5/c1-8(14(21)18-12-5-9(16)3-4-11(12)17)25-15(22)13-6-10(20(23)24)7-19(13)2/h3-8H,1-2H3,(H,18,21). The Bertz CT molecular complexity index is 850. The van der Waals surface area contributed by atoms with Gasteiger partial charge in [-0.3, -0.25) is 14.9 Å². The number of hydrogen-bond donors (Lipinski definition) is 1. The summed E-state index contributed by atoms with van der Waals surface area (Å²) in [6, 6.07) is 3.50. The summed E-state index contributed by atoms with van der Waals surface area (Å²) in [4.78, 5) is 34.0. The first-order valence-electron chi connectivity index (χ1n) is 6.96. The van der Waals surface area contributed by atoms with E-state index in [4.69, 9.17) is 4.74 Å². The third-order valence-electron chi connectivity index (χ3n) is 3.25. The number of hydrogen-bond acceptors (Lipinski definition) is 5. The van der Waals surface area contributed by atoms with Crippen molar-refractivity contribution in [3.63, 3.8) is 0 Å². The van der Waals surface area contributed by atoms with E-state index < -0.39 is 40.2 Å². The fourth-order valence-electron chi connectivity index (χ4n) is 1.95. The van der Waals surface area contributed by atoms with Crippen LogP contribution >= 0.6 is 0 Å². The average molecular weight is 353 g/mol.